The van der Waals surface area contributed by atoms with Crippen LogP contribution in [0.25, 0.3) is 0 Å². The summed E-state index contributed by atoms with van der Waals surface area (Å²) in [6.07, 6.45) is 5.13. The molecule has 2 aliphatic heterocycles. The normalized spacial score (nSPS) is 19.9. The Hall–Kier alpha value is -2.57. The number of piperidine rings is 2. The van der Waals surface area contributed by atoms with E-state index >= 15 is 0 Å². The largest absolute Gasteiger partial charge is 0.497 e. The van der Waals surface area contributed by atoms with Gasteiger partial charge in [0.25, 0.3) is 5.91 Å². The van der Waals surface area contributed by atoms with Crippen molar-refractivity contribution >= 4 is 17.3 Å². The highest BCUT2D eigenvalue weighted by atomic mass is 16.5. The fraction of sp³-hybridized carbons (Fsp3) is 0.536. The Morgan fingerprint density at radius 2 is 1.74 bits per heavy atom. The summed E-state index contributed by atoms with van der Waals surface area (Å²) in [6.45, 7) is 9.40. The second kappa shape index (κ2) is 11.7. The quantitative estimate of drug-likeness (QED) is 0.620. The molecule has 2 fully saturated rings. The topological polar surface area (TPSA) is 48.0 Å². The number of benzene rings is 2. The number of likely N-dealkylation sites (tertiary alicyclic amines) is 1. The molecule has 34 heavy (non-hydrogen) atoms. The molecule has 1 amide bonds. The third kappa shape index (κ3) is 6.30. The predicted molar refractivity (Wildman–Crippen MR) is 140 cm³/mol. The number of hydrogen-bond acceptors (Lipinski definition) is 5. The van der Waals surface area contributed by atoms with Gasteiger partial charge >= 0.3 is 0 Å². The molecule has 6 heteroatoms. The summed E-state index contributed by atoms with van der Waals surface area (Å²) in [4.78, 5) is 20.2. The standard InChI is InChI=1S/C28H40N4O2/c1-4-31-17-5-6-22(21-31)20-30(2)25-15-18-32(19-16-25)26-11-9-24(10-12-26)29-28(33)23-7-13-27(34-3)14-8-23/h7-14,22,25H,4-6,15-21H2,1-3H3,(H,29,33). The van der Waals surface area contributed by atoms with Crippen LogP contribution in [0.3, 0.4) is 0 Å². The van der Waals surface area contributed by atoms with Crippen molar-refractivity contribution in [3.63, 3.8) is 0 Å². The number of amides is 1. The van der Waals surface area contributed by atoms with E-state index in [4.69, 9.17) is 4.74 Å². The highest BCUT2D eigenvalue weighted by Crippen LogP contribution is 2.25. The molecule has 1 atom stereocenters. The van der Waals surface area contributed by atoms with Gasteiger partial charge in [-0.2, -0.15) is 0 Å². The van der Waals surface area contributed by atoms with Gasteiger partial charge in [0, 0.05) is 49.2 Å². The van der Waals surface area contributed by atoms with Gasteiger partial charge in [-0.05, 0) is 100 Å². The average Bonchev–Trinajstić information content (AvgIpc) is 2.89. The maximum atomic E-state index is 12.5. The molecule has 4 rings (SSSR count). The number of rotatable bonds is 8. The number of nitrogens with one attached hydrogen (secondary N) is 1. The summed E-state index contributed by atoms with van der Waals surface area (Å²) in [6, 6.07) is 16.1. The highest BCUT2D eigenvalue weighted by Gasteiger charge is 2.26. The first kappa shape index (κ1) is 24.6. The Bertz CT molecular complexity index is 907. The number of ether oxygens (including phenoxy) is 1. The van der Waals surface area contributed by atoms with E-state index in [9.17, 15) is 4.79 Å². The Labute approximate surface area is 204 Å². The molecule has 1 N–H and O–H groups in total. The molecule has 2 aromatic rings. The third-order valence-corrected chi connectivity index (χ3v) is 7.53. The summed E-state index contributed by atoms with van der Waals surface area (Å²) in [5.41, 5.74) is 2.66. The minimum atomic E-state index is -0.112. The molecular formula is C28H40N4O2. The van der Waals surface area contributed by atoms with Crippen LogP contribution < -0.4 is 15.0 Å². The first-order chi connectivity index (χ1) is 16.6. The van der Waals surface area contributed by atoms with Crippen LogP contribution in [0.1, 0.15) is 43.0 Å². The second-order valence-corrected chi connectivity index (χ2v) is 9.79. The van der Waals surface area contributed by atoms with Gasteiger partial charge in [-0.25, -0.2) is 0 Å². The van der Waals surface area contributed by atoms with Crippen molar-refractivity contribution in [3.8, 4) is 5.75 Å². The van der Waals surface area contributed by atoms with Crippen LogP contribution in [0.2, 0.25) is 0 Å². The van der Waals surface area contributed by atoms with Crippen LogP contribution in [0.5, 0.6) is 5.75 Å². The zero-order chi connectivity index (χ0) is 23.9. The van der Waals surface area contributed by atoms with Crippen LogP contribution in [0, 0.1) is 5.92 Å². The van der Waals surface area contributed by atoms with Crippen molar-refractivity contribution in [2.24, 2.45) is 5.92 Å². The molecule has 184 valence electrons. The van der Waals surface area contributed by atoms with Crippen LogP contribution in [0.4, 0.5) is 11.4 Å². The smallest absolute Gasteiger partial charge is 0.255 e. The van der Waals surface area contributed by atoms with E-state index < -0.39 is 0 Å². The van der Waals surface area contributed by atoms with Crippen molar-refractivity contribution < 1.29 is 9.53 Å². The predicted octanol–water partition coefficient (Wildman–Crippen LogP) is 4.58. The molecule has 0 aliphatic carbocycles. The molecule has 0 spiro atoms. The van der Waals surface area contributed by atoms with Crippen molar-refractivity contribution in [1.82, 2.24) is 9.80 Å². The molecule has 2 saturated heterocycles. The number of anilines is 2. The maximum absolute atomic E-state index is 12.5. The lowest BCUT2D eigenvalue weighted by atomic mass is 9.95. The minimum absolute atomic E-state index is 0.112. The lowest BCUT2D eigenvalue weighted by molar-refractivity contribution is 0.102. The van der Waals surface area contributed by atoms with E-state index in [1.807, 2.05) is 12.1 Å². The van der Waals surface area contributed by atoms with Crippen molar-refractivity contribution in [2.45, 2.75) is 38.6 Å². The molecule has 0 radical (unpaired) electrons. The van der Waals surface area contributed by atoms with Crippen LogP contribution in [-0.2, 0) is 0 Å². The van der Waals surface area contributed by atoms with Gasteiger partial charge in [0.15, 0.2) is 0 Å². The molecule has 6 nitrogen and oxygen atoms in total. The fourth-order valence-corrected chi connectivity index (χ4v) is 5.41. The minimum Gasteiger partial charge on any atom is -0.497 e. The lowest BCUT2D eigenvalue weighted by Gasteiger charge is -2.40. The van der Waals surface area contributed by atoms with Gasteiger partial charge in [0.05, 0.1) is 7.11 Å². The van der Waals surface area contributed by atoms with Gasteiger partial charge in [-0.15, -0.1) is 0 Å². The Kier molecular flexibility index (Phi) is 8.46. The summed E-state index contributed by atoms with van der Waals surface area (Å²) < 4.78 is 5.16. The van der Waals surface area contributed by atoms with Gasteiger partial charge < -0.3 is 24.8 Å². The maximum Gasteiger partial charge on any atom is 0.255 e. The van der Waals surface area contributed by atoms with E-state index in [0.29, 0.717) is 11.6 Å². The van der Waals surface area contributed by atoms with Gasteiger partial charge in [0.1, 0.15) is 5.75 Å². The van der Waals surface area contributed by atoms with Gasteiger partial charge in [0.2, 0.25) is 0 Å². The summed E-state index contributed by atoms with van der Waals surface area (Å²) in [5, 5.41) is 2.99. The monoisotopic (exact) mass is 464 g/mol. The molecule has 2 aliphatic rings. The van der Waals surface area contributed by atoms with Crippen molar-refractivity contribution in [3.05, 3.63) is 54.1 Å². The molecule has 1 unspecified atom stereocenters. The van der Waals surface area contributed by atoms with Crippen molar-refractivity contribution in [2.75, 3.05) is 63.6 Å². The van der Waals surface area contributed by atoms with E-state index in [1.165, 1.54) is 57.5 Å². The molecule has 0 saturated carbocycles. The zero-order valence-corrected chi connectivity index (χ0v) is 21.0. The highest BCUT2D eigenvalue weighted by molar-refractivity contribution is 6.04. The summed E-state index contributed by atoms with van der Waals surface area (Å²) in [5.74, 6) is 1.45. The third-order valence-electron chi connectivity index (χ3n) is 7.53. The first-order valence-electron chi connectivity index (χ1n) is 12.8. The van der Waals surface area contributed by atoms with Crippen LogP contribution in [0.15, 0.2) is 48.5 Å². The Morgan fingerprint density at radius 3 is 2.38 bits per heavy atom. The average molecular weight is 465 g/mol. The van der Waals surface area contributed by atoms with E-state index in [-0.39, 0.29) is 5.91 Å². The fourth-order valence-electron chi connectivity index (χ4n) is 5.41. The lowest BCUT2D eigenvalue weighted by Crippen LogP contribution is -2.47. The number of carbonyl (C=O) groups excluding carboxylic acids is 1. The first-order valence-corrected chi connectivity index (χ1v) is 12.8. The van der Waals surface area contributed by atoms with E-state index in [2.05, 4.69) is 46.1 Å². The number of methoxy groups -OCH3 is 1. The molecule has 0 bridgehead atoms. The molecule has 2 heterocycles. The zero-order valence-electron chi connectivity index (χ0n) is 21.0. The molecule has 0 aromatic heterocycles. The van der Waals surface area contributed by atoms with Crippen LogP contribution in [-0.4, -0.2) is 75.2 Å². The van der Waals surface area contributed by atoms with Gasteiger partial charge in [-0.1, -0.05) is 6.92 Å². The number of nitrogens with zero attached hydrogens (tertiary/aromatic N) is 3. The number of carbonyl (C=O) groups is 1. The van der Waals surface area contributed by atoms with Crippen LogP contribution >= 0.6 is 0 Å². The van der Waals surface area contributed by atoms with Crippen molar-refractivity contribution in [1.29, 1.82) is 0 Å². The summed E-state index contributed by atoms with van der Waals surface area (Å²) in [7, 11) is 3.94. The Morgan fingerprint density at radius 1 is 1.03 bits per heavy atom. The van der Waals surface area contributed by atoms with E-state index in [0.717, 1.165) is 30.4 Å². The summed E-state index contributed by atoms with van der Waals surface area (Å²) >= 11 is 0. The SMILES string of the molecule is CCN1CCCC(CN(C)C2CCN(c3ccc(NC(=O)c4ccc(OC)cc4)cc3)CC2)C1. The number of hydrogen-bond donors (Lipinski definition) is 1. The Balaban J connectivity index is 1.24. The molecular weight excluding hydrogens is 424 g/mol. The molecule has 2 aromatic carbocycles. The van der Waals surface area contributed by atoms with Gasteiger partial charge in [-0.3, -0.25) is 4.79 Å². The second-order valence-electron chi connectivity index (χ2n) is 9.79. The van der Waals surface area contributed by atoms with E-state index in [1.54, 1.807) is 31.4 Å².